The molecule has 3 heterocycles. The van der Waals surface area contributed by atoms with Crippen molar-refractivity contribution in [1.29, 1.82) is 0 Å². The molecule has 0 radical (unpaired) electrons. The molecule has 0 unspecified atom stereocenters. The van der Waals surface area contributed by atoms with Gasteiger partial charge in [0.2, 0.25) is 5.91 Å². The molecule has 7 nitrogen and oxygen atoms in total. The molecule has 1 amide bonds. The second kappa shape index (κ2) is 9.49. The second-order valence-corrected chi connectivity index (χ2v) is 7.89. The Labute approximate surface area is 175 Å². The zero-order valence-corrected chi connectivity index (χ0v) is 17.2. The number of morpholine rings is 1. The van der Waals surface area contributed by atoms with Gasteiger partial charge in [0.15, 0.2) is 0 Å². The summed E-state index contributed by atoms with van der Waals surface area (Å²) in [5.74, 6) is 1.12. The number of carbonyl (C=O) groups is 1. The first-order chi connectivity index (χ1) is 14.6. The molecule has 4 rings (SSSR count). The number of amides is 1. The van der Waals surface area contributed by atoms with Crippen LogP contribution < -0.4 is 4.74 Å². The monoisotopic (exact) mass is 414 g/mol. The Morgan fingerprint density at radius 1 is 1.17 bits per heavy atom. The summed E-state index contributed by atoms with van der Waals surface area (Å²) in [6.45, 7) is 5.52. The molecule has 1 aromatic heterocycles. The number of rotatable bonds is 6. The largest absolute Gasteiger partial charge is 0.491 e. The van der Waals surface area contributed by atoms with Crippen LogP contribution in [-0.2, 0) is 16.1 Å². The molecule has 2 aliphatic rings. The van der Waals surface area contributed by atoms with Crippen LogP contribution in [-0.4, -0.2) is 70.7 Å². The molecule has 1 aromatic carbocycles. The lowest BCUT2D eigenvalue weighted by molar-refractivity contribution is -0.155. The van der Waals surface area contributed by atoms with E-state index in [0.717, 1.165) is 43.9 Å². The summed E-state index contributed by atoms with van der Waals surface area (Å²) in [7, 11) is 0. The first-order valence-corrected chi connectivity index (χ1v) is 10.4. The fourth-order valence-electron chi connectivity index (χ4n) is 3.97. The van der Waals surface area contributed by atoms with Crippen molar-refractivity contribution >= 4 is 5.91 Å². The maximum atomic E-state index is 13.0. The molecule has 2 fully saturated rings. The molecule has 0 saturated carbocycles. The Balaban J connectivity index is 1.26. The molecule has 0 N–H and O–H groups in total. The Kier molecular flexibility index (Phi) is 6.54. The van der Waals surface area contributed by atoms with E-state index in [0.29, 0.717) is 18.9 Å². The highest BCUT2D eigenvalue weighted by molar-refractivity contribution is 5.78. The van der Waals surface area contributed by atoms with Gasteiger partial charge in [-0.25, -0.2) is 14.4 Å². The maximum absolute atomic E-state index is 13.0. The summed E-state index contributed by atoms with van der Waals surface area (Å²) in [5.41, 5.74) is 1.11. The summed E-state index contributed by atoms with van der Waals surface area (Å²) in [6.07, 6.45) is 5.45. The fourth-order valence-corrected chi connectivity index (χ4v) is 3.97. The first kappa shape index (κ1) is 20.7. The van der Waals surface area contributed by atoms with Crippen molar-refractivity contribution in [1.82, 2.24) is 19.8 Å². The highest BCUT2D eigenvalue weighted by Gasteiger charge is 2.33. The van der Waals surface area contributed by atoms with Gasteiger partial charge >= 0.3 is 0 Å². The number of carbonyl (C=O) groups excluding carboxylic acids is 1. The van der Waals surface area contributed by atoms with Crippen LogP contribution >= 0.6 is 0 Å². The molecule has 2 aromatic rings. The first-order valence-electron chi connectivity index (χ1n) is 10.4. The van der Waals surface area contributed by atoms with Gasteiger partial charge in [0.1, 0.15) is 36.7 Å². The van der Waals surface area contributed by atoms with Crippen molar-refractivity contribution in [2.75, 3.05) is 32.8 Å². The maximum Gasteiger partial charge on any atom is 0.248 e. The number of aromatic nitrogens is 2. The van der Waals surface area contributed by atoms with E-state index in [-0.39, 0.29) is 30.5 Å². The van der Waals surface area contributed by atoms with Crippen LogP contribution in [0.15, 0.2) is 36.7 Å². The second-order valence-electron chi connectivity index (χ2n) is 7.89. The summed E-state index contributed by atoms with van der Waals surface area (Å²) in [4.78, 5) is 25.3. The molecular weight excluding hydrogens is 387 g/mol. The summed E-state index contributed by atoms with van der Waals surface area (Å²) < 4.78 is 24.4. The van der Waals surface area contributed by atoms with E-state index in [1.807, 2.05) is 24.2 Å². The molecule has 0 aliphatic carbocycles. The van der Waals surface area contributed by atoms with E-state index >= 15 is 0 Å². The molecule has 1 atom stereocenters. The van der Waals surface area contributed by atoms with Gasteiger partial charge in [-0.05, 0) is 44.0 Å². The number of benzene rings is 1. The molecule has 0 spiro atoms. The smallest absolute Gasteiger partial charge is 0.248 e. The van der Waals surface area contributed by atoms with Crippen molar-refractivity contribution in [2.45, 2.75) is 38.5 Å². The van der Waals surface area contributed by atoms with E-state index in [2.05, 4.69) is 14.9 Å². The Morgan fingerprint density at radius 2 is 1.87 bits per heavy atom. The number of hydrogen-bond acceptors (Lipinski definition) is 6. The molecule has 2 aliphatic heterocycles. The predicted molar refractivity (Wildman–Crippen MR) is 108 cm³/mol. The van der Waals surface area contributed by atoms with Crippen LogP contribution in [0.3, 0.4) is 0 Å². The minimum atomic E-state index is -0.297. The zero-order valence-electron chi connectivity index (χ0n) is 17.2. The molecule has 2 saturated heterocycles. The Hall–Kier alpha value is -2.58. The zero-order chi connectivity index (χ0) is 20.9. The third-order valence-corrected chi connectivity index (χ3v) is 5.65. The van der Waals surface area contributed by atoms with Crippen molar-refractivity contribution in [3.05, 3.63) is 53.9 Å². The number of ether oxygens (including phenoxy) is 2. The van der Waals surface area contributed by atoms with Crippen LogP contribution in [0.25, 0.3) is 0 Å². The van der Waals surface area contributed by atoms with Crippen molar-refractivity contribution in [3.63, 3.8) is 0 Å². The van der Waals surface area contributed by atoms with Gasteiger partial charge in [0, 0.05) is 43.6 Å². The van der Waals surface area contributed by atoms with Crippen LogP contribution in [0.1, 0.15) is 24.2 Å². The van der Waals surface area contributed by atoms with Crippen molar-refractivity contribution in [3.8, 4) is 5.75 Å². The number of nitrogens with zero attached hydrogens (tertiary/aromatic N) is 4. The lowest BCUT2D eigenvalue weighted by Gasteiger charge is -2.42. The van der Waals surface area contributed by atoms with Crippen LogP contribution in [0.4, 0.5) is 4.39 Å². The third-order valence-electron chi connectivity index (χ3n) is 5.65. The Bertz CT molecular complexity index is 838. The molecule has 0 bridgehead atoms. The minimum absolute atomic E-state index is 0.0402. The van der Waals surface area contributed by atoms with Gasteiger partial charge in [0.25, 0.3) is 0 Å². The van der Waals surface area contributed by atoms with E-state index < -0.39 is 0 Å². The minimum Gasteiger partial charge on any atom is -0.491 e. The standard InChI is InChI=1S/C22H27FN4O3/c1-16-24-10-17(11-25-16)12-26-8-6-19(7-9-26)27-13-21(30-15-22(27)28)14-29-20-4-2-18(23)3-5-20/h2-5,10-11,19,21H,6-9,12-15H2,1H3/t21-/m0/s1. The van der Waals surface area contributed by atoms with Gasteiger partial charge in [-0.15, -0.1) is 0 Å². The van der Waals surface area contributed by atoms with E-state index in [1.165, 1.54) is 12.1 Å². The summed E-state index contributed by atoms with van der Waals surface area (Å²) >= 11 is 0. The highest BCUT2D eigenvalue weighted by atomic mass is 19.1. The van der Waals surface area contributed by atoms with Gasteiger partial charge in [-0.2, -0.15) is 0 Å². The molecular formula is C22H27FN4O3. The van der Waals surface area contributed by atoms with Crippen molar-refractivity contribution < 1.29 is 18.7 Å². The number of halogens is 1. The average molecular weight is 414 g/mol. The predicted octanol–water partition coefficient (Wildman–Crippen LogP) is 2.19. The molecule has 30 heavy (non-hydrogen) atoms. The summed E-state index contributed by atoms with van der Waals surface area (Å²) in [5, 5.41) is 0. The quantitative estimate of drug-likeness (QED) is 0.722. The van der Waals surface area contributed by atoms with Crippen LogP contribution in [0.2, 0.25) is 0 Å². The fraction of sp³-hybridized carbons (Fsp3) is 0.500. The van der Waals surface area contributed by atoms with Gasteiger partial charge < -0.3 is 14.4 Å². The highest BCUT2D eigenvalue weighted by Crippen LogP contribution is 2.22. The molecule has 160 valence electrons. The normalized spacial score (nSPS) is 21.1. The topological polar surface area (TPSA) is 67.8 Å². The van der Waals surface area contributed by atoms with E-state index in [9.17, 15) is 9.18 Å². The third kappa shape index (κ3) is 5.31. The molecule has 8 heteroatoms. The number of likely N-dealkylation sites (tertiary alicyclic amines) is 1. The number of aryl methyl sites for hydroxylation is 1. The number of piperidine rings is 1. The Morgan fingerprint density at radius 3 is 2.57 bits per heavy atom. The van der Waals surface area contributed by atoms with E-state index in [4.69, 9.17) is 9.47 Å². The van der Waals surface area contributed by atoms with Gasteiger partial charge in [-0.1, -0.05) is 0 Å². The van der Waals surface area contributed by atoms with Crippen molar-refractivity contribution in [2.24, 2.45) is 0 Å². The van der Waals surface area contributed by atoms with Gasteiger partial charge in [0.05, 0.1) is 6.54 Å². The summed E-state index contributed by atoms with van der Waals surface area (Å²) in [6, 6.07) is 6.14. The average Bonchev–Trinajstić information content (AvgIpc) is 2.76. The van der Waals surface area contributed by atoms with E-state index in [1.54, 1.807) is 12.1 Å². The van der Waals surface area contributed by atoms with Crippen LogP contribution in [0, 0.1) is 12.7 Å². The van der Waals surface area contributed by atoms with Crippen LogP contribution in [0.5, 0.6) is 5.75 Å². The SMILES string of the molecule is Cc1ncc(CN2CCC(N3C[C@@H](COc4ccc(F)cc4)OCC3=O)CC2)cn1. The lowest BCUT2D eigenvalue weighted by Crippen LogP contribution is -2.55. The lowest BCUT2D eigenvalue weighted by atomic mass is 10.0. The van der Waals surface area contributed by atoms with Gasteiger partial charge in [-0.3, -0.25) is 9.69 Å². The number of hydrogen-bond donors (Lipinski definition) is 0.